The molecule has 0 aliphatic heterocycles. The van der Waals surface area contributed by atoms with Gasteiger partial charge in [-0.25, -0.2) is 4.98 Å². The Morgan fingerprint density at radius 2 is 2.11 bits per heavy atom. The van der Waals surface area contributed by atoms with E-state index >= 15 is 0 Å². The first-order valence-electron chi connectivity index (χ1n) is 7.36. The Bertz CT molecular complexity index is 1070. The van der Waals surface area contributed by atoms with Crippen molar-refractivity contribution < 1.29 is 9.21 Å². The van der Waals surface area contributed by atoms with Crippen molar-refractivity contribution in [2.45, 2.75) is 10.9 Å². The molecule has 0 atom stereocenters. The van der Waals surface area contributed by atoms with E-state index in [9.17, 15) is 9.59 Å². The number of halogens is 3. The fourth-order valence-corrected chi connectivity index (χ4v) is 3.79. The van der Waals surface area contributed by atoms with Gasteiger partial charge in [0, 0.05) is 15.8 Å². The van der Waals surface area contributed by atoms with Gasteiger partial charge in [-0.1, -0.05) is 41.0 Å². The number of H-pyrrole nitrogens is 1. The van der Waals surface area contributed by atoms with Crippen molar-refractivity contribution in [3.05, 3.63) is 66.7 Å². The van der Waals surface area contributed by atoms with E-state index in [4.69, 9.17) is 33.4 Å². The molecule has 3 aromatic rings. The number of anilines is 2. The first-order valence-corrected chi connectivity index (χ1v) is 9.90. The summed E-state index contributed by atoms with van der Waals surface area (Å²) in [5.41, 5.74) is 5.93. The van der Waals surface area contributed by atoms with Gasteiger partial charge >= 0.3 is 0 Å². The van der Waals surface area contributed by atoms with Crippen molar-refractivity contribution in [3.8, 4) is 0 Å². The predicted octanol–water partition coefficient (Wildman–Crippen LogP) is 4.56. The van der Waals surface area contributed by atoms with Crippen LogP contribution in [0.25, 0.3) is 0 Å². The number of rotatable bonds is 5. The largest absolute Gasteiger partial charge is 0.444 e. The Labute approximate surface area is 175 Å². The van der Waals surface area contributed by atoms with Gasteiger partial charge in [0.1, 0.15) is 0 Å². The molecule has 140 valence electrons. The van der Waals surface area contributed by atoms with Gasteiger partial charge < -0.3 is 15.5 Å². The number of benzene rings is 1. The van der Waals surface area contributed by atoms with Crippen LogP contribution in [0.2, 0.25) is 10.0 Å². The molecule has 7 nitrogen and oxygen atoms in total. The number of nitrogens with two attached hydrogens (primary N) is 1. The van der Waals surface area contributed by atoms with Crippen LogP contribution in [0, 0.1) is 0 Å². The maximum Gasteiger partial charge on any atom is 0.291 e. The normalized spacial score (nSPS) is 10.8. The molecule has 0 radical (unpaired) electrons. The second kappa shape index (κ2) is 8.39. The average molecular weight is 490 g/mol. The number of nitrogens with one attached hydrogen (secondary N) is 2. The minimum atomic E-state index is -0.618. The van der Waals surface area contributed by atoms with Crippen molar-refractivity contribution in [1.82, 2.24) is 9.97 Å². The molecule has 0 fully saturated rings. The molecule has 1 aromatic carbocycles. The van der Waals surface area contributed by atoms with Gasteiger partial charge in [-0.2, -0.15) is 0 Å². The summed E-state index contributed by atoms with van der Waals surface area (Å²) in [5, 5.41) is 3.74. The number of hydrogen-bond acceptors (Lipinski definition) is 6. The van der Waals surface area contributed by atoms with E-state index in [1.54, 1.807) is 24.3 Å². The van der Waals surface area contributed by atoms with Crippen molar-refractivity contribution in [1.29, 1.82) is 0 Å². The SMILES string of the molecule is Nc1nc(SCc2ccc(Cl)cc2Cl)[nH]c(=O)c1NC(=O)c1ccc(Br)o1. The molecule has 2 heterocycles. The van der Waals surface area contributed by atoms with E-state index in [1.807, 2.05) is 0 Å². The highest BCUT2D eigenvalue weighted by molar-refractivity contribution is 9.10. The number of furan rings is 1. The van der Waals surface area contributed by atoms with Crippen LogP contribution in [-0.4, -0.2) is 15.9 Å². The van der Waals surface area contributed by atoms with E-state index in [1.165, 1.54) is 17.8 Å². The highest BCUT2D eigenvalue weighted by atomic mass is 79.9. The highest BCUT2D eigenvalue weighted by Gasteiger charge is 2.16. The second-order valence-electron chi connectivity index (χ2n) is 5.21. The van der Waals surface area contributed by atoms with Crippen molar-refractivity contribution in [3.63, 3.8) is 0 Å². The molecular formula is C16H11BrCl2N4O3S. The lowest BCUT2D eigenvalue weighted by Crippen LogP contribution is -2.22. The smallest absolute Gasteiger partial charge is 0.291 e. The Balaban J connectivity index is 1.74. The van der Waals surface area contributed by atoms with Gasteiger partial charge in [0.2, 0.25) is 0 Å². The zero-order chi connectivity index (χ0) is 19.6. The Kier molecular flexibility index (Phi) is 6.15. The van der Waals surface area contributed by atoms with Gasteiger partial charge in [0.25, 0.3) is 11.5 Å². The molecule has 0 spiro atoms. The molecule has 0 aliphatic rings. The van der Waals surface area contributed by atoms with Crippen molar-refractivity contribution in [2.24, 2.45) is 0 Å². The van der Waals surface area contributed by atoms with Crippen molar-refractivity contribution in [2.75, 3.05) is 11.1 Å². The van der Waals surface area contributed by atoms with E-state index < -0.39 is 11.5 Å². The lowest BCUT2D eigenvalue weighted by atomic mass is 10.2. The zero-order valence-corrected chi connectivity index (χ0v) is 17.3. The molecule has 11 heteroatoms. The van der Waals surface area contributed by atoms with Crippen LogP contribution >= 0.6 is 50.9 Å². The third kappa shape index (κ3) is 4.86. The van der Waals surface area contributed by atoms with E-state index in [0.29, 0.717) is 25.6 Å². The molecular weight excluding hydrogens is 479 g/mol. The lowest BCUT2D eigenvalue weighted by molar-refractivity contribution is 0.0995. The maximum absolute atomic E-state index is 12.3. The number of hydrogen-bond donors (Lipinski definition) is 3. The molecule has 0 bridgehead atoms. The summed E-state index contributed by atoms with van der Waals surface area (Å²) in [7, 11) is 0. The molecule has 4 N–H and O–H groups in total. The minimum absolute atomic E-state index is 0.0245. The first-order chi connectivity index (χ1) is 12.8. The molecule has 1 amide bonds. The quantitative estimate of drug-likeness (QED) is 0.357. The summed E-state index contributed by atoms with van der Waals surface area (Å²) in [6.45, 7) is 0. The number of nitrogen functional groups attached to an aromatic ring is 1. The summed E-state index contributed by atoms with van der Waals surface area (Å²) in [6.07, 6.45) is 0. The summed E-state index contributed by atoms with van der Waals surface area (Å²) in [6, 6.07) is 8.16. The summed E-state index contributed by atoms with van der Waals surface area (Å²) < 4.78 is 5.52. The van der Waals surface area contributed by atoms with E-state index in [2.05, 4.69) is 31.2 Å². The monoisotopic (exact) mass is 488 g/mol. The Hall–Kier alpha value is -1.94. The number of aromatic amines is 1. The zero-order valence-electron chi connectivity index (χ0n) is 13.4. The number of aromatic nitrogens is 2. The van der Waals surface area contributed by atoms with Crippen LogP contribution < -0.4 is 16.6 Å². The van der Waals surface area contributed by atoms with Crippen LogP contribution in [0.4, 0.5) is 11.5 Å². The molecule has 0 saturated heterocycles. The van der Waals surface area contributed by atoms with Crippen LogP contribution in [0.3, 0.4) is 0 Å². The topological polar surface area (TPSA) is 114 Å². The molecule has 0 saturated carbocycles. The van der Waals surface area contributed by atoms with Crippen LogP contribution in [0.5, 0.6) is 0 Å². The molecule has 3 rings (SSSR count). The summed E-state index contributed by atoms with van der Waals surface area (Å²) in [4.78, 5) is 31.1. The van der Waals surface area contributed by atoms with Gasteiger partial charge in [0.05, 0.1) is 0 Å². The summed E-state index contributed by atoms with van der Waals surface area (Å²) in [5.74, 6) is -0.253. The third-order valence-electron chi connectivity index (χ3n) is 3.34. The van der Waals surface area contributed by atoms with Crippen LogP contribution in [-0.2, 0) is 5.75 Å². The van der Waals surface area contributed by atoms with Gasteiger partial charge in [0.15, 0.2) is 27.1 Å². The molecule has 27 heavy (non-hydrogen) atoms. The van der Waals surface area contributed by atoms with E-state index in [0.717, 1.165) is 5.56 Å². The third-order valence-corrected chi connectivity index (χ3v) is 5.28. The van der Waals surface area contributed by atoms with Gasteiger partial charge in [-0.3, -0.25) is 14.6 Å². The van der Waals surface area contributed by atoms with Crippen molar-refractivity contribution >= 4 is 68.3 Å². The predicted molar refractivity (Wildman–Crippen MR) is 110 cm³/mol. The molecule has 0 aliphatic carbocycles. The highest BCUT2D eigenvalue weighted by Crippen LogP contribution is 2.27. The number of amides is 1. The fourth-order valence-electron chi connectivity index (χ4n) is 2.05. The Morgan fingerprint density at radius 1 is 1.33 bits per heavy atom. The molecule has 0 unspecified atom stereocenters. The number of carbonyl (C=O) groups excluding carboxylic acids is 1. The minimum Gasteiger partial charge on any atom is -0.444 e. The average Bonchev–Trinajstić information content (AvgIpc) is 3.04. The maximum atomic E-state index is 12.3. The molecule has 2 aromatic heterocycles. The van der Waals surface area contributed by atoms with Crippen LogP contribution in [0.15, 0.2) is 49.4 Å². The summed E-state index contributed by atoms with van der Waals surface area (Å²) >= 11 is 16.3. The number of nitrogens with zero attached hydrogens (tertiary/aromatic N) is 1. The fraction of sp³-hybridized carbons (Fsp3) is 0.0625. The lowest BCUT2D eigenvalue weighted by Gasteiger charge is -2.08. The second-order valence-corrected chi connectivity index (χ2v) is 7.80. The van der Waals surface area contributed by atoms with Gasteiger partial charge in [-0.15, -0.1) is 0 Å². The standard InChI is InChI=1S/C16H11BrCl2N4O3S/c17-11-4-3-10(26-11)14(24)21-12-13(20)22-16(23-15(12)25)27-6-7-1-2-8(18)5-9(7)19/h1-5H,6H2,(H,21,24)(H3,20,22,23,25). The van der Waals surface area contributed by atoms with Gasteiger partial charge in [-0.05, 0) is 45.8 Å². The van der Waals surface area contributed by atoms with Crippen LogP contribution in [0.1, 0.15) is 16.1 Å². The Morgan fingerprint density at radius 3 is 2.74 bits per heavy atom. The van der Waals surface area contributed by atoms with E-state index in [-0.39, 0.29) is 17.3 Å². The number of thioether (sulfide) groups is 1. The first kappa shape index (κ1) is 19.8. The number of carbonyl (C=O) groups is 1.